The first-order valence-electron chi connectivity index (χ1n) is 5.52. The van der Waals surface area contributed by atoms with Crippen molar-refractivity contribution in [3.8, 4) is 0 Å². The molecule has 0 nitrogen and oxygen atoms in total. The maximum absolute atomic E-state index is 4.19. The van der Waals surface area contributed by atoms with Crippen LogP contribution in [0, 0.1) is 0 Å². The molecule has 0 radical (unpaired) electrons. The average Bonchev–Trinajstić information content (AvgIpc) is 2.30. The van der Waals surface area contributed by atoms with Crippen molar-refractivity contribution < 1.29 is 0 Å². The number of allylic oxidation sites excluding steroid dienone is 5. The first kappa shape index (κ1) is 8.72. The molecule has 0 aliphatic heterocycles. The molecule has 0 amide bonds. The van der Waals surface area contributed by atoms with Crippen molar-refractivity contribution in [3.05, 3.63) is 59.7 Å². The van der Waals surface area contributed by atoms with E-state index in [4.69, 9.17) is 0 Å². The molecule has 0 saturated carbocycles. The molecule has 0 heterocycles. The topological polar surface area (TPSA) is 0 Å². The summed E-state index contributed by atoms with van der Waals surface area (Å²) in [4.78, 5) is 0. The summed E-state index contributed by atoms with van der Waals surface area (Å²) in [6.07, 6.45) is 8.03. The summed E-state index contributed by atoms with van der Waals surface area (Å²) < 4.78 is 0. The van der Waals surface area contributed by atoms with Crippen LogP contribution in [0.2, 0.25) is 0 Å². The summed E-state index contributed by atoms with van der Waals surface area (Å²) in [6.45, 7) is 4.19. The molecule has 0 N–H and O–H groups in total. The lowest BCUT2D eigenvalue weighted by atomic mass is 9.79. The van der Waals surface area contributed by atoms with Gasteiger partial charge < -0.3 is 0 Å². The Labute approximate surface area is 90.6 Å². The van der Waals surface area contributed by atoms with Gasteiger partial charge in [-0.05, 0) is 41.5 Å². The molecule has 0 heteroatoms. The highest BCUT2D eigenvalue weighted by atomic mass is 14.2. The number of hydrogen-bond acceptors (Lipinski definition) is 0. The molecule has 2 aliphatic carbocycles. The molecule has 0 aromatic heterocycles. The molecule has 15 heavy (non-hydrogen) atoms. The van der Waals surface area contributed by atoms with Crippen LogP contribution in [0.15, 0.2) is 48.6 Å². The molecule has 74 valence electrons. The smallest absolute Gasteiger partial charge is 0.00575 e. The van der Waals surface area contributed by atoms with Gasteiger partial charge in [-0.25, -0.2) is 0 Å². The second-order valence-corrected chi connectivity index (χ2v) is 4.28. The Morgan fingerprint density at radius 1 is 1.07 bits per heavy atom. The van der Waals surface area contributed by atoms with E-state index in [0.717, 1.165) is 6.42 Å². The fourth-order valence-corrected chi connectivity index (χ4v) is 2.55. The van der Waals surface area contributed by atoms with Crippen LogP contribution in [0.5, 0.6) is 0 Å². The number of hydrogen-bond donors (Lipinski definition) is 0. The largest absolute Gasteiger partial charge is 0.0949 e. The molecule has 0 bridgehead atoms. The molecule has 0 fully saturated rings. The zero-order chi connectivity index (χ0) is 10.3. The number of benzene rings is 1. The highest BCUT2D eigenvalue weighted by Crippen LogP contribution is 2.41. The maximum Gasteiger partial charge on any atom is -0.00575 e. The minimum absolute atomic E-state index is 1.07. The predicted octanol–water partition coefficient (Wildman–Crippen LogP) is 4.21. The molecule has 1 aromatic rings. The lowest BCUT2D eigenvalue weighted by Gasteiger charge is -2.25. The number of rotatable bonds is 0. The summed E-state index contributed by atoms with van der Waals surface area (Å²) >= 11 is 0. The van der Waals surface area contributed by atoms with Crippen molar-refractivity contribution in [2.24, 2.45) is 0 Å². The minimum Gasteiger partial charge on any atom is -0.0949 e. The monoisotopic (exact) mass is 194 g/mol. The quantitative estimate of drug-likeness (QED) is 0.580. The molecule has 2 aliphatic rings. The van der Waals surface area contributed by atoms with Crippen molar-refractivity contribution in [1.29, 1.82) is 0 Å². The van der Waals surface area contributed by atoms with Gasteiger partial charge in [0, 0.05) is 0 Å². The molecule has 0 unspecified atom stereocenters. The summed E-state index contributed by atoms with van der Waals surface area (Å²) in [5, 5.41) is 0. The SMILES string of the molecule is C=C1CC2=C(C=CCC2)c2ccccc21. The zero-order valence-electron chi connectivity index (χ0n) is 8.79. The second kappa shape index (κ2) is 3.23. The molecule has 0 atom stereocenters. The minimum atomic E-state index is 1.07. The van der Waals surface area contributed by atoms with Gasteiger partial charge in [0.2, 0.25) is 0 Å². The molecular weight excluding hydrogens is 180 g/mol. The highest BCUT2D eigenvalue weighted by molar-refractivity contribution is 5.90. The zero-order valence-corrected chi connectivity index (χ0v) is 8.79. The fourth-order valence-electron chi connectivity index (χ4n) is 2.55. The van der Waals surface area contributed by atoms with Gasteiger partial charge in [-0.3, -0.25) is 0 Å². The van der Waals surface area contributed by atoms with Crippen LogP contribution in [0.25, 0.3) is 11.1 Å². The number of fused-ring (bicyclic) bond motifs is 2. The van der Waals surface area contributed by atoms with Crippen molar-refractivity contribution in [2.45, 2.75) is 19.3 Å². The van der Waals surface area contributed by atoms with Gasteiger partial charge in [0.15, 0.2) is 0 Å². The Balaban J connectivity index is 2.25. The van der Waals surface area contributed by atoms with Crippen LogP contribution in [0.4, 0.5) is 0 Å². The van der Waals surface area contributed by atoms with Gasteiger partial charge in [-0.15, -0.1) is 0 Å². The predicted molar refractivity (Wildman–Crippen MR) is 65.4 cm³/mol. The van der Waals surface area contributed by atoms with Crippen molar-refractivity contribution >= 4 is 11.1 Å². The Bertz CT molecular complexity index is 487. The second-order valence-electron chi connectivity index (χ2n) is 4.28. The molecular formula is C15H14. The summed E-state index contributed by atoms with van der Waals surface area (Å²) in [6, 6.07) is 8.61. The van der Waals surface area contributed by atoms with E-state index in [0.29, 0.717) is 0 Å². The highest BCUT2D eigenvalue weighted by Gasteiger charge is 2.20. The standard InChI is InChI=1S/C15H14/c1-11-10-12-6-2-3-8-14(12)15-9-5-4-7-13(11)15/h3-5,7-9H,1-2,6,10H2. The van der Waals surface area contributed by atoms with Gasteiger partial charge in [-0.2, -0.15) is 0 Å². The van der Waals surface area contributed by atoms with Gasteiger partial charge in [-0.1, -0.05) is 48.6 Å². The third-order valence-electron chi connectivity index (χ3n) is 3.30. The maximum atomic E-state index is 4.19. The lowest BCUT2D eigenvalue weighted by Crippen LogP contribution is -2.04. The summed E-state index contributed by atoms with van der Waals surface area (Å²) in [7, 11) is 0. The Morgan fingerprint density at radius 3 is 2.73 bits per heavy atom. The van der Waals surface area contributed by atoms with Gasteiger partial charge in [0.25, 0.3) is 0 Å². The normalized spacial score (nSPS) is 18.8. The molecule has 0 spiro atoms. The van der Waals surface area contributed by atoms with Crippen LogP contribution < -0.4 is 0 Å². The average molecular weight is 194 g/mol. The Morgan fingerprint density at radius 2 is 1.87 bits per heavy atom. The first-order valence-corrected chi connectivity index (χ1v) is 5.52. The van der Waals surface area contributed by atoms with E-state index in [-0.39, 0.29) is 0 Å². The summed E-state index contributed by atoms with van der Waals surface area (Å²) in [5.41, 5.74) is 7.01. The van der Waals surface area contributed by atoms with Crippen molar-refractivity contribution in [2.75, 3.05) is 0 Å². The van der Waals surface area contributed by atoms with E-state index in [1.807, 2.05) is 0 Å². The van der Waals surface area contributed by atoms with E-state index in [1.165, 1.54) is 35.1 Å². The van der Waals surface area contributed by atoms with Crippen LogP contribution >= 0.6 is 0 Å². The van der Waals surface area contributed by atoms with Crippen molar-refractivity contribution in [1.82, 2.24) is 0 Å². The third kappa shape index (κ3) is 1.29. The van der Waals surface area contributed by atoms with Crippen molar-refractivity contribution in [3.63, 3.8) is 0 Å². The van der Waals surface area contributed by atoms with E-state index >= 15 is 0 Å². The Hall–Kier alpha value is -1.56. The molecule has 0 saturated heterocycles. The van der Waals surface area contributed by atoms with E-state index in [1.54, 1.807) is 5.57 Å². The van der Waals surface area contributed by atoms with E-state index in [9.17, 15) is 0 Å². The molecule has 1 aromatic carbocycles. The third-order valence-corrected chi connectivity index (χ3v) is 3.30. The van der Waals surface area contributed by atoms with E-state index in [2.05, 4.69) is 43.0 Å². The van der Waals surface area contributed by atoms with E-state index < -0.39 is 0 Å². The van der Waals surface area contributed by atoms with Crippen LogP contribution in [-0.2, 0) is 0 Å². The van der Waals surface area contributed by atoms with Gasteiger partial charge in [0.1, 0.15) is 0 Å². The molecule has 3 rings (SSSR count). The first-order chi connectivity index (χ1) is 7.36. The summed E-state index contributed by atoms with van der Waals surface area (Å²) in [5.74, 6) is 0. The van der Waals surface area contributed by atoms with Crippen LogP contribution in [0.1, 0.15) is 30.4 Å². The fraction of sp³-hybridized carbons (Fsp3) is 0.200. The van der Waals surface area contributed by atoms with Gasteiger partial charge in [0.05, 0.1) is 0 Å². The van der Waals surface area contributed by atoms with Crippen LogP contribution in [0.3, 0.4) is 0 Å². The lowest BCUT2D eigenvalue weighted by molar-refractivity contribution is 0.930. The van der Waals surface area contributed by atoms with Gasteiger partial charge >= 0.3 is 0 Å². The van der Waals surface area contributed by atoms with Crippen LogP contribution in [-0.4, -0.2) is 0 Å². The Kier molecular flexibility index (Phi) is 1.88.